The van der Waals surface area contributed by atoms with Crippen LogP contribution in [0.3, 0.4) is 0 Å². The third-order valence-electron chi connectivity index (χ3n) is 3.79. The van der Waals surface area contributed by atoms with Crippen LogP contribution >= 0.6 is 0 Å². The summed E-state index contributed by atoms with van der Waals surface area (Å²) < 4.78 is 5.25. The number of hydrogen-bond acceptors (Lipinski definition) is 5. The lowest BCUT2D eigenvalue weighted by Crippen LogP contribution is -2.36. The number of hydroxylamine groups is 2. The van der Waals surface area contributed by atoms with Crippen molar-refractivity contribution >= 4 is 5.97 Å². The molecule has 2 fully saturated rings. The Balaban J connectivity index is 1.91. The Kier molecular flexibility index (Phi) is 4.96. The van der Waals surface area contributed by atoms with Gasteiger partial charge >= 0.3 is 5.97 Å². The largest absolute Gasteiger partial charge is 0.461 e. The van der Waals surface area contributed by atoms with E-state index in [-0.39, 0.29) is 36.7 Å². The van der Waals surface area contributed by atoms with Crippen molar-refractivity contribution < 1.29 is 19.5 Å². The fourth-order valence-corrected chi connectivity index (χ4v) is 2.87. The summed E-state index contributed by atoms with van der Waals surface area (Å²) in [5.41, 5.74) is 0. The molecule has 0 saturated carbocycles. The molecule has 19 heavy (non-hydrogen) atoms. The van der Waals surface area contributed by atoms with Crippen molar-refractivity contribution in [3.05, 3.63) is 12.2 Å². The first kappa shape index (κ1) is 14.5. The van der Waals surface area contributed by atoms with Crippen LogP contribution in [0.2, 0.25) is 0 Å². The van der Waals surface area contributed by atoms with Crippen molar-refractivity contribution in [2.75, 3.05) is 13.2 Å². The molecule has 2 aliphatic rings. The molecule has 0 aromatic carbocycles. The zero-order valence-electron chi connectivity index (χ0n) is 11.6. The number of aliphatic hydroxyl groups excluding tert-OH is 1. The number of rotatable bonds is 6. The van der Waals surface area contributed by atoms with Crippen LogP contribution in [0.15, 0.2) is 12.2 Å². The van der Waals surface area contributed by atoms with Crippen molar-refractivity contribution in [1.29, 1.82) is 0 Å². The Bertz CT molecular complexity index is 344. The number of fused-ring (bicyclic) bond motifs is 1. The number of carbonyl (C=O) groups excluding carboxylic acids is 1. The lowest BCUT2D eigenvalue weighted by molar-refractivity contribution is -0.191. The molecule has 5 nitrogen and oxygen atoms in total. The van der Waals surface area contributed by atoms with Crippen molar-refractivity contribution in [3.8, 4) is 0 Å². The summed E-state index contributed by atoms with van der Waals surface area (Å²) in [7, 11) is 0. The van der Waals surface area contributed by atoms with Crippen LogP contribution in [0, 0.1) is 5.92 Å². The number of nitrogens with zero attached hydrogens (tertiary/aromatic N) is 1. The molecule has 0 spiro atoms. The fourth-order valence-electron chi connectivity index (χ4n) is 2.87. The summed E-state index contributed by atoms with van der Waals surface area (Å²) in [5.74, 6) is -0.277. The van der Waals surface area contributed by atoms with E-state index in [9.17, 15) is 9.90 Å². The Hall–Kier alpha value is -0.910. The number of allylic oxidation sites excluding steroid dienone is 2. The van der Waals surface area contributed by atoms with E-state index in [0.717, 1.165) is 19.3 Å². The van der Waals surface area contributed by atoms with E-state index in [4.69, 9.17) is 9.57 Å². The number of aliphatic hydroxyl groups is 1. The molecule has 2 saturated heterocycles. The average Bonchev–Trinajstić information content (AvgIpc) is 2.90. The molecule has 5 heteroatoms. The second-order valence-electron chi connectivity index (χ2n) is 5.15. The number of ether oxygens (including phenoxy) is 1. The Morgan fingerprint density at radius 1 is 1.42 bits per heavy atom. The minimum atomic E-state index is -0.345. The van der Waals surface area contributed by atoms with E-state index < -0.39 is 0 Å². The van der Waals surface area contributed by atoms with Gasteiger partial charge in [0.15, 0.2) is 0 Å². The van der Waals surface area contributed by atoms with E-state index >= 15 is 0 Å². The predicted octanol–water partition coefficient (Wildman–Crippen LogP) is 1.27. The van der Waals surface area contributed by atoms with Crippen LogP contribution in [0.25, 0.3) is 0 Å². The summed E-state index contributed by atoms with van der Waals surface area (Å²) in [6.45, 7) is 4.58. The lowest BCUT2D eigenvalue weighted by atomic mass is 9.93. The summed E-state index contributed by atoms with van der Waals surface area (Å²) in [5, 5.41) is 11.1. The highest BCUT2D eigenvalue weighted by molar-refractivity contribution is 5.79. The fraction of sp³-hybridized carbons (Fsp3) is 0.786. The van der Waals surface area contributed by atoms with E-state index in [1.807, 2.05) is 6.92 Å². The van der Waals surface area contributed by atoms with E-state index in [1.165, 1.54) is 0 Å². The average molecular weight is 269 g/mol. The smallest absolute Gasteiger partial charge is 0.326 e. The predicted molar refractivity (Wildman–Crippen MR) is 70.2 cm³/mol. The molecular formula is C14H23NO4. The van der Waals surface area contributed by atoms with Gasteiger partial charge < -0.3 is 9.84 Å². The standard InChI is InChI=1S/C14H23NO4/c1-3-4-5-6-7-8-15-13-12(11(9-16)19-15)10(2)18-14(13)17/h4-5,10-13,16H,3,6-9H2,1-2H3/t10-,11-,12+,13-/m0/s1. The number of esters is 1. The zero-order valence-corrected chi connectivity index (χ0v) is 11.6. The molecule has 2 aliphatic heterocycles. The maximum atomic E-state index is 11.8. The quantitative estimate of drug-likeness (QED) is 0.447. The molecule has 0 unspecified atom stereocenters. The molecule has 0 aromatic heterocycles. The van der Waals surface area contributed by atoms with Gasteiger partial charge in [-0.3, -0.25) is 9.63 Å². The summed E-state index contributed by atoms with van der Waals surface area (Å²) in [6, 6.07) is -0.345. The number of hydrogen-bond donors (Lipinski definition) is 1. The topological polar surface area (TPSA) is 59.0 Å². The Morgan fingerprint density at radius 2 is 2.21 bits per heavy atom. The lowest BCUT2D eigenvalue weighted by Gasteiger charge is -2.19. The second kappa shape index (κ2) is 6.50. The first-order valence-corrected chi connectivity index (χ1v) is 7.08. The van der Waals surface area contributed by atoms with Crippen molar-refractivity contribution in [2.24, 2.45) is 5.92 Å². The van der Waals surface area contributed by atoms with Crippen LogP contribution in [0.1, 0.15) is 33.1 Å². The van der Waals surface area contributed by atoms with Crippen molar-refractivity contribution in [3.63, 3.8) is 0 Å². The third kappa shape index (κ3) is 2.99. The minimum absolute atomic E-state index is 0.0521. The van der Waals surface area contributed by atoms with Gasteiger partial charge in [0, 0.05) is 6.54 Å². The van der Waals surface area contributed by atoms with Gasteiger partial charge in [-0.2, -0.15) is 5.06 Å². The van der Waals surface area contributed by atoms with Gasteiger partial charge in [0.1, 0.15) is 18.2 Å². The number of cyclic esters (lactones) is 1. The third-order valence-corrected chi connectivity index (χ3v) is 3.79. The van der Waals surface area contributed by atoms with Gasteiger partial charge in [-0.15, -0.1) is 0 Å². The van der Waals surface area contributed by atoms with Crippen LogP contribution in [0.5, 0.6) is 0 Å². The highest BCUT2D eigenvalue weighted by atomic mass is 16.7. The van der Waals surface area contributed by atoms with Crippen LogP contribution in [0.4, 0.5) is 0 Å². The van der Waals surface area contributed by atoms with Crippen LogP contribution in [-0.4, -0.2) is 47.5 Å². The molecule has 108 valence electrons. The minimum Gasteiger partial charge on any atom is -0.461 e. The van der Waals surface area contributed by atoms with E-state index in [0.29, 0.717) is 6.54 Å². The molecule has 2 heterocycles. The van der Waals surface area contributed by atoms with Crippen LogP contribution < -0.4 is 0 Å². The van der Waals surface area contributed by atoms with Gasteiger partial charge in [0.2, 0.25) is 0 Å². The maximum Gasteiger partial charge on any atom is 0.326 e. The zero-order chi connectivity index (χ0) is 13.8. The monoisotopic (exact) mass is 269 g/mol. The molecule has 0 radical (unpaired) electrons. The highest BCUT2D eigenvalue weighted by Crippen LogP contribution is 2.37. The first-order valence-electron chi connectivity index (χ1n) is 7.08. The van der Waals surface area contributed by atoms with Gasteiger partial charge in [0.05, 0.1) is 12.5 Å². The molecule has 0 aromatic rings. The molecule has 0 amide bonds. The molecule has 0 aliphatic carbocycles. The van der Waals surface area contributed by atoms with E-state index in [1.54, 1.807) is 5.06 Å². The van der Waals surface area contributed by atoms with Gasteiger partial charge in [-0.05, 0) is 26.2 Å². The molecule has 4 atom stereocenters. The van der Waals surface area contributed by atoms with Gasteiger partial charge in [-0.1, -0.05) is 19.1 Å². The van der Waals surface area contributed by atoms with Crippen LogP contribution in [-0.2, 0) is 14.4 Å². The van der Waals surface area contributed by atoms with Gasteiger partial charge in [-0.25, -0.2) is 0 Å². The molecule has 1 N–H and O–H groups in total. The van der Waals surface area contributed by atoms with Crippen molar-refractivity contribution in [1.82, 2.24) is 5.06 Å². The first-order chi connectivity index (χ1) is 9.19. The molecule has 0 bridgehead atoms. The number of carbonyl (C=O) groups is 1. The summed E-state index contributed by atoms with van der Waals surface area (Å²) in [6.07, 6.45) is 6.72. The van der Waals surface area contributed by atoms with Gasteiger partial charge in [0.25, 0.3) is 0 Å². The molecular weight excluding hydrogens is 246 g/mol. The maximum absolute atomic E-state index is 11.8. The highest BCUT2D eigenvalue weighted by Gasteiger charge is 2.55. The number of unbranched alkanes of at least 4 members (excludes halogenated alkanes) is 1. The SMILES string of the molecule is CCC=CCCCN1O[C@@H](CO)[C@H]2[C@H](C)OC(=O)[C@H]21. The van der Waals surface area contributed by atoms with Crippen molar-refractivity contribution in [2.45, 2.75) is 51.4 Å². The summed E-state index contributed by atoms with van der Waals surface area (Å²) >= 11 is 0. The Morgan fingerprint density at radius 3 is 2.89 bits per heavy atom. The normalized spacial score (nSPS) is 35.0. The molecule has 2 rings (SSSR count). The Labute approximate surface area is 114 Å². The second-order valence-corrected chi connectivity index (χ2v) is 5.15. The summed E-state index contributed by atoms with van der Waals surface area (Å²) in [4.78, 5) is 17.5. The van der Waals surface area contributed by atoms with E-state index in [2.05, 4.69) is 19.1 Å².